The minimum Gasteiger partial charge on any atom is -0.465 e. The zero-order chi connectivity index (χ0) is 13.9. The molecule has 0 atom stereocenters. The van der Waals surface area contributed by atoms with Gasteiger partial charge in [-0.15, -0.1) is 0 Å². The molecule has 0 aliphatic heterocycles. The summed E-state index contributed by atoms with van der Waals surface area (Å²) >= 11 is 1.65. The van der Waals surface area contributed by atoms with Gasteiger partial charge in [0.2, 0.25) is 0 Å². The number of aliphatic hydroxyl groups excluding tert-OH is 1. The number of nitrogens with zero attached hydrogens (tertiary/aromatic N) is 1. The van der Waals surface area contributed by atoms with Crippen molar-refractivity contribution in [2.75, 3.05) is 24.7 Å². The highest BCUT2D eigenvalue weighted by Gasteiger charge is 2.08. The molecule has 0 saturated carbocycles. The molecule has 0 fully saturated rings. The van der Waals surface area contributed by atoms with E-state index < -0.39 is 5.91 Å². The second-order valence-corrected chi connectivity index (χ2v) is 4.86. The largest absolute Gasteiger partial charge is 0.465 e. The summed E-state index contributed by atoms with van der Waals surface area (Å²) in [6, 6.07) is 5.22. The van der Waals surface area contributed by atoms with E-state index in [0.717, 1.165) is 17.9 Å². The van der Waals surface area contributed by atoms with Crippen LogP contribution in [0.25, 0.3) is 6.08 Å². The fourth-order valence-electron chi connectivity index (χ4n) is 1.26. The fourth-order valence-corrected chi connectivity index (χ4v) is 2.05. The molecule has 1 aromatic heterocycles. The molecular formula is C13H16N2O3S. The molecule has 0 saturated heterocycles. The number of nitriles is 1. The third kappa shape index (κ3) is 6.13. The number of carbonyl (C=O) groups excluding carboxylic acids is 1. The number of carbonyl (C=O) groups is 1. The smallest absolute Gasteiger partial charge is 0.262 e. The Bertz CT molecular complexity index is 449. The van der Waals surface area contributed by atoms with Crippen LogP contribution in [0, 0.1) is 11.3 Å². The van der Waals surface area contributed by atoms with Gasteiger partial charge in [0, 0.05) is 25.0 Å². The summed E-state index contributed by atoms with van der Waals surface area (Å²) in [6.07, 6.45) is 3.64. The quantitative estimate of drug-likeness (QED) is 0.427. The molecule has 0 spiro atoms. The Morgan fingerprint density at radius 1 is 1.58 bits per heavy atom. The van der Waals surface area contributed by atoms with Crippen LogP contribution in [0.1, 0.15) is 12.2 Å². The Hall–Kier alpha value is -1.71. The normalized spacial score (nSPS) is 11.1. The number of amides is 1. The van der Waals surface area contributed by atoms with Gasteiger partial charge in [0.05, 0.1) is 6.26 Å². The zero-order valence-electron chi connectivity index (χ0n) is 10.5. The first-order valence-electron chi connectivity index (χ1n) is 5.90. The summed E-state index contributed by atoms with van der Waals surface area (Å²) < 4.78 is 5.05. The summed E-state index contributed by atoms with van der Waals surface area (Å²) in [5.74, 6) is 1.69. The van der Waals surface area contributed by atoms with Crippen molar-refractivity contribution in [2.45, 2.75) is 6.42 Å². The summed E-state index contributed by atoms with van der Waals surface area (Å²) in [5.41, 5.74) is 0.0234. The van der Waals surface area contributed by atoms with Crippen molar-refractivity contribution in [1.29, 1.82) is 5.26 Å². The minimum atomic E-state index is -0.401. The Morgan fingerprint density at radius 3 is 3.05 bits per heavy atom. The lowest BCUT2D eigenvalue weighted by Gasteiger charge is -2.03. The number of hydrogen-bond donors (Lipinski definition) is 2. The average molecular weight is 280 g/mol. The molecular weight excluding hydrogens is 264 g/mol. The van der Waals surface area contributed by atoms with E-state index in [1.165, 1.54) is 12.3 Å². The van der Waals surface area contributed by atoms with Gasteiger partial charge in [-0.25, -0.2) is 0 Å². The predicted octanol–water partition coefficient (Wildman–Crippen LogP) is 1.42. The van der Waals surface area contributed by atoms with Crippen LogP contribution < -0.4 is 5.32 Å². The number of nitrogens with one attached hydrogen (secondary N) is 1. The molecule has 1 rings (SSSR count). The second-order valence-electron chi connectivity index (χ2n) is 3.63. The van der Waals surface area contributed by atoms with Gasteiger partial charge in [-0.05, 0) is 24.3 Å². The van der Waals surface area contributed by atoms with Gasteiger partial charge in [-0.1, -0.05) is 0 Å². The van der Waals surface area contributed by atoms with E-state index in [1.54, 1.807) is 23.9 Å². The Morgan fingerprint density at radius 2 is 2.42 bits per heavy atom. The third-order valence-electron chi connectivity index (χ3n) is 2.17. The van der Waals surface area contributed by atoms with Gasteiger partial charge in [0.1, 0.15) is 17.4 Å². The first kappa shape index (κ1) is 15.3. The molecule has 0 aliphatic rings. The minimum absolute atomic E-state index is 0.0234. The van der Waals surface area contributed by atoms with Crippen LogP contribution in [-0.2, 0) is 4.79 Å². The summed E-state index contributed by atoms with van der Waals surface area (Å²) in [6.45, 7) is 0.677. The van der Waals surface area contributed by atoms with Gasteiger partial charge >= 0.3 is 0 Å². The lowest BCUT2D eigenvalue weighted by molar-refractivity contribution is -0.116. The number of thioether (sulfide) groups is 1. The number of rotatable bonds is 8. The molecule has 0 radical (unpaired) electrons. The van der Waals surface area contributed by atoms with Crippen molar-refractivity contribution in [2.24, 2.45) is 0 Å². The van der Waals surface area contributed by atoms with Gasteiger partial charge in [-0.2, -0.15) is 17.0 Å². The van der Waals surface area contributed by atoms with Crippen LogP contribution in [0.5, 0.6) is 0 Å². The third-order valence-corrected chi connectivity index (χ3v) is 3.24. The Kier molecular flexibility index (Phi) is 7.47. The highest BCUT2D eigenvalue weighted by molar-refractivity contribution is 7.99. The van der Waals surface area contributed by atoms with Crippen LogP contribution in [0.4, 0.5) is 0 Å². The second kappa shape index (κ2) is 9.25. The van der Waals surface area contributed by atoms with Crippen LogP contribution in [-0.4, -0.2) is 35.7 Å². The van der Waals surface area contributed by atoms with Gasteiger partial charge in [0.25, 0.3) is 5.91 Å². The summed E-state index contributed by atoms with van der Waals surface area (Å²) in [7, 11) is 0. The van der Waals surface area contributed by atoms with Crippen molar-refractivity contribution in [3.8, 4) is 6.07 Å². The Balaban J connectivity index is 2.33. The highest BCUT2D eigenvalue weighted by atomic mass is 32.2. The molecule has 1 amide bonds. The molecule has 0 bridgehead atoms. The van der Waals surface area contributed by atoms with Crippen molar-refractivity contribution < 1.29 is 14.3 Å². The molecule has 102 valence electrons. The van der Waals surface area contributed by atoms with E-state index in [2.05, 4.69) is 5.32 Å². The zero-order valence-corrected chi connectivity index (χ0v) is 11.3. The van der Waals surface area contributed by atoms with Gasteiger partial charge < -0.3 is 14.8 Å². The van der Waals surface area contributed by atoms with E-state index in [0.29, 0.717) is 12.3 Å². The van der Waals surface area contributed by atoms with Gasteiger partial charge in [-0.3, -0.25) is 4.79 Å². The van der Waals surface area contributed by atoms with Crippen LogP contribution in [0.15, 0.2) is 28.4 Å². The number of furan rings is 1. The van der Waals surface area contributed by atoms with E-state index in [-0.39, 0.29) is 12.2 Å². The number of hydrogen-bond acceptors (Lipinski definition) is 5. The SMILES string of the molecule is N#C/C(=C\c1ccco1)C(=O)NCCSCCCO. The maximum Gasteiger partial charge on any atom is 0.262 e. The molecule has 19 heavy (non-hydrogen) atoms. The van der Waals surface area contributed by atoms with Crippen LogP contribution in [0.3, 0.4) is 0 Å². The first-order chi connectivity index (χ1) is 9.27. The Labute approximate surface area is 116 Å². The molecule has 1 aromatic rings. The molecule has 5 nitrogen and oxygen atoms in total. The first-order valence-corrected chi connectivity index (χ1v) is 7.05. The van der Waals surface area contributed by atoms with Crippen LogP contribution >= 0.6 is 11.8 Å². The van der Waals surface area contributed by atoms with Crippen molar-refractivity contribution in [1.82, 2.24) is 5.32 Å². The molecule has 0 unspecified atom stereocenters. The molecule has 0 aliphatic carbocycles. The predicted molar refractivity (Wildman–Crippen MR) is 74.3 cm³/mol. The average Bonchev–Trinajstić information content (AvgIpc) is 2.92. The number of aliphatic hydroxyl groups is 1. The van der Waals surface area contributed by atoms with E-state index in [9.17, 15) is 4.79 Å². The maximum absolute atomic E-state index is 11.7. The standard InChI is InChI=1S/C13H16N2O3S/c14-10-11(9-12-3-1-6-18-12)13(17)15-4-8-19-7-2-5-16/h1,3,6,9,16H,2,4-5,7-8H2,(H,15,17)/b11-9+. The molecule has 6 heteroatoms. The molecule has 0 aromatic carbocycles. The van der Waals surface area contributed by atoms with Crippen molar-refractivity contribution in [3.63, 3.8) is 0 Å². The van der Waals surface area contributed by atoms with E-state index in [4.69, 9.17) is 14.8 Å². The van der Waals surface area contributed by atoms with Crippen molar-refractivity contribution in [3.05, 3.63) is 29.7 Å². The fraction of sp³-hybridized carbons (Fsp3) is 0.385. The van der Waals surface area contributed by atoms with Crippen molar-refractivity contribution >= 4 is 23.7 Å². The monoisotopic (exact) mass is 280 g/mol. The van der Waals surface area contributed by atoms with E-state index in [1.807, 2.05) is 6.07 Å². The van der Waals surface area contributed by atoms with Gasteiger partial charge in [0.15, 0.2) is 0 Å². The summed E-state index contributed by atoms with van der Waals surface area (Å²) in [5, 5.41) is 20.2. The van der Waals surface area contributed by atoms with E-state index >= 15 is 0 Å². The summed E-state index contributed by atoms with van der Waals surface area (Å²) in [4.78, 5) is 11.7. The lowest BCUT2D eigenvalue weighted by atomic mass is 10.2. The lowest BCUT2D eigenvalue weighted by Crippen LogP contribution is -2.26. The maximum atomic E-state index is 11.7. The highest BCUT2D eigenvalue weighted by Crippen LogP contribution is 2.07. The molecule has 1 heterocycles. The van der Waals surface area contributed by atoms with Crippen LogP contribution in [0.2, 0.25) is 0 Å². The molecule has 2 N–H and O–H groups in total. The topological polar surface area (TPSA) is 86.3 Å².